The van der Waals surface area contributed by atoms with Crippen molar-refractivity contribution in [3.05, 3.63) is 0 Å². The lowest BCUT2D eigenvalue weighted by molar-refractivity contribution is -0.128. The Morgan fingerprint density at radius 1 is 1.59 bits per heavy atom. The molecule has 1 rings (SSSR count). The Morgan fingerprint density at radius 2 is 2.24 bits per heavy atom. The van der Waals surface area contributed by atoms with Crippen molar-refractivity contribution in [1.29, 1.82) is 0 Å². The van der Waals surface area contributed by atoms with Crippen LogP contribution in [-0.2, 0) is 4.79 Å². The molecule has 4 N–H and O–H groups in total. The summed E-state index contributed by atoms with van der Waals surface area (Å²) in [4.78, 5) is 12.0. The summed E-state index contributed by atoms with van der Waals surface area (Å²) in [5, 5.41) is 12.4. The van der Waals surface area contributed by atoms with Crippen molar-refractivity contribution >= 4 is 5.91 Å². The van der Waals surface area contributed by atoms with Gasteiger partial charge in [-0.05, 0) is 24.7 Å². The molecule has 3 atom stereocenters. The van der Waals surface area contributed by atoms with Gasteiger partial charge in [0.1, 0.15) is 0 Å². The molecular formula is C13H26N2O2. The fourth-order valence-corrected chi connectivity index (χ4v) is 2.41. The van der Waals surface area contributed by atoms with E-state index in [1.54, 1.807) is 0 Å². The van der Waals surface area contributed by atoms with E-state index in [0.717, 1.165) is 25.7 Å². The maximum absolute atomic E-state index is 12.0. The van der Waals surface area contributed by atoms with Crippen LogP contribution in [0.5, 0.6) is 0 Å². The molecule has 1 aliphatic rings. The lowest BCUT2D eigenvalue weighted by atomic mass is 9.76. The van der Waals surface area contributed by atoms with Crippen LogP contribution in [0.1, 0.15) is 46.5 Å². The molecular weight excluding hydrogens is 216 g/mol. The molecule has 1 fully saturated rings. The van der Waals surface area contributed by atoms with Crippen LogP contribution in [0, 0.1) is 11.8 Å². The predicted octanol–water partition coefficient (Wildman–Crippen LogP) is 1.03. The smallest absolute Gasteiger partial charge is 0.240 e. The summed E-state index contributed by atoms with van der Waals surface area (Å²) < 4.78 is 0. The highest BCUT2D eigenvalue weighted by atomic mass is 16.3. The third-order valence-electron chi connectivity index (χ3n) is 3.73. The average Bonchev–Trinajstić information content (AvgIpc) is 2.24. The molecule has 0 spiro atoms. The zero-order valence-corrected chi connectivity index (χ0v) is 11.2. The van der Waals surface area contributed by atoms with Crippen LogP contribution < -0.4 is 11.1 Å². The van der Waals surface area contributed by atoms with Crippen LogP contribution in [0.15, 0.2) is 0 Å². The Labute approximate surface area is 104 Å². The van der Waals surface area contributed by atoms with Gasteiger partial charge in [0.25, 0.3) is 0 Å². The summed E-state index contributed by atoms with van der Waals surface area (Å²) in [5.41, 5.74) is 5.43. The van der Waals surface area contributed by atoms with E-state index >= 15 is 0 Å². The Balaban J connectivity index is 2.46. The standard InChI is InChI=1S/C13H26N2O2/c1-9(2)11(16)8-15-12(17)13(14)6-4-5-10(3)7-13/h9-11,16H,4-8,14H2,1-3H3,(H,15,17). The SMILES string of the molecule is CC1CCCC(N)(C(=O)NCC(O)C(C)C)C1. The second-order valence-corrected chi connectivity index (χ2v) is 5.88. The first kappa shape index (κ1) is 14.5. The van der Waals surface area contributed by atoms with Crippen molar-refractivity contribution in [2.45, 2.75) is 58.1 Å². The zero-order chi connectivity index (χ0) is 13.1. The molecule has 0 aromatic carbocycles. The van der Waals surface area contributed by atoms with Crippen molar-refractivity contribution in [3.8, 4) is 0 Å². The summed E-state index contributed by atoms with van der Waals surface area (Å²) in [6, 6.07) is 0. The third kappa shape index (κ3) is 3.96. The Hall–Kier alpha value is -0.610. The van der Waals surface area contributed by atoms with E-state index in [9.17, 15) is 9.90 Å². The van der Waals surface area contributed by atoms with E-state index in [1.807, 2.05) is 13.8 Å². The van der Waals surface area contributed by atoms with E-state index in [2.05, 4.69) is 12.2 Å². The molecule has 17 heavy (non-hydrogen) atoms. The van der Waals surface area contributed by atoms with Crippen molar-refractivity contribution in [1.82, 2.24) is 5.32 Å². The van der Waals surface area contributed by atoms with Crippen LogP contribution in [0.3, 0.4) is 0 Å². The van der Waals surface area contributed by atoms with Gasteiger partial charge in [-0.1, -0.05) is 33.6 Å². The minimum absolute atomic E-state index is 0.108. The van der Waals surface area contributed by atoms with Gasteiger partial charge >= 0.3 is 0 Å². The summed E-state index contributed by atoms with van der Waals surface area (Å²) in [6.07, 6.45) is 3.17. The van der Waals surface area contributed by atoms with Crippen LogP contribution in [0.25, 0.3) is 0 Å². The second kappa shape index (κ2) is 5.83. The van der Waals surface area contributed by atoms with Gasteiger partial charge in [0.2, 0.25) is 5.91 Å². The number of aliphatic hydroxyl groups is 1. The second-order valence-electron chi connectivity index (χ2n) is 5.88. The summed E-state index contributed by atoms with van der Waals surface area (Å²) >= 11 is 0. The first-order chi connectivity index (χ1) is 7.85. The molecule has 0 aliphatic heterocycles. The summed E-state index contributed by atoms with van der Waals surface area (Å²) in [6.45, 7) is 6.29. The summed E-state index contributed by atoms with van der Waals surface area (Å²) in [5.74, 6) is 0.549. The normalized spacial score (nSPS) is 31.3. The van der Waals surface area contributed by atoms with Crippen molar-refractivity contribution in [2.24, 2.45) is 17.6 Å². The van der Waals surface area contributed by atoms with Gasteiger partial charge in [-0.15, -0.1) is 0 Å². The van der Waals surface area contributed by atoms with Gasteiger partial charge < -0.3 is 16.2 Å². The third-order valence-corrected chi connectivity index (χ3v) is 3.73. The van der Waals surface area contributed by atoms with Gasteiger partial charge in [-0.2, -0.15) is 0 Å². The molecule has 1 saturated carbocycles. The van der Waals surface area contributed by atoms with Gasteiger partial charge in [-0.3, -0.25) is 4.79 Å². The van der Waals surface area contributed by atoms with E-state index in [-0.39, 0.29) is 11.8 Å². The highest BCUT2D eigenvalue weighted by molar-refractivity contribution is 5.86. The van der Waals surface area contributed by atoms with Crippen LogP contribution >= 0.6 is 0 Å². The molecule has 0 heterocycles. The Kier molecular flexibility index (Phi) is 4.95. The molecule has 0 aromatic heterocycles. The molecule has 4 heteroatoms. The molecule has 100 valence electrons. The quantitative estimate of drug-likeness (QED) is 0.689. The minimum atomic E-state index is -0.728. The topological polar surface area (TPSA) is 75.4 Å². The Bertz CT molecular complexity index is 268. The van der Waals surface area contributed by atoms with Gasteiger partial charge in [0.05, 0.1) is 11.6 Å². The molecule has 0 aromatic rings. The van der Waals surface area contributed by atoms with Gasteiger partial charge in [0, 0.05) is 6.54 Å². The number of amides is 1. The number of carbonyl (C=O) groups excluding carboxylic acids is 1. The minimum Gasteiger partial charge on any atom is -0.391 e. The highest BCUT2D eigenvalue weighted by Crippen LogP contribution is 2.30. The van der Waals surface area contributed by atoms with Gasteiger partial charge in [-0.25, -0.2) is 0 Å². The molecule has 0 saturated heterocycles. The molecule has 3 unspecified atom stereocenters. The maximum atomic E-state index is 12.0. The first-order valence-electron chi connectivity index (χ1n) is 6.60. The largest absolute Gasteiger partial charge is 0.391 e. The number of rotatable bonds is 4. The van der Waals surface area contributed by atoms with Crippen molar-refractivity contribution < 1.29 is 9.90 Å². The monoisotopic (exact) mass is 242 g/mol. The van der Waals surface area contributed by atoms with Crippen LogP contribution in [0.2, 0.25) is 0 Å². The fourth-order valence-electron chi connectivity index (χ4n) is 2.41. The number of nitrogens with two attached hydrogens (primary N) is 1. The Morgan fingerprint density at radius 3 is 2.76 bits per heavy atom. The van der Waals surface area contributed by atoms with E-state index < -0.39 is 11.6 Å². The molecule has 1 amide bonds. The number of nitrogens with one attached hydrogen (secondary N) is 1. The van der Waals surface area contributed by atoms with Crippen molar-refractivity contribution in [3.63, 3.8) is 0 Å². The fraction of sp³-hybridized carbons (Fsp3) is 0.923. The van der Waals surface area contributed by atoms with Crippen LogP contribution in [0.4, 0.5) is 0 Å². The number of hydrogen-bond donors (Lipinski definition) is 3. The predicted molar refractivity (Wildman–Crippen MR) is 68.4 cm³/mol. The summed E-state index contributed by atoms with van der Waals surface area (Å²) in [7, 11) is 0. The molecule has 0 bridgehead atoms. The molecule has 0 radical (unpaired) electrons. The lowest BCUT2D eigenvalue weighted by Gasteiger charge is -2.35. The highest BCUT2D eigenvalue weighted by Gasteiger charge is 2.37. The van der Waals surface area contributed by atoms with Crippen molar-refractivity contribution in [2.75, 3.05) is 6.54 Å². The van der Waals surface area contributed by atoms with E-state index in [0.29, 0.717) is 12.5 Å². The number of hydrogen-bond acceptors (Lipinski definition) is 3. The molecule has 4 nitrogen and oxygen atoms in total. The maximum Gasteiger partial charge on any atom is 0.240 e. The van der Waals surface area contributed by atoms with Crippen LogP contribution in [-0.4, -0.2) is 29.2 Å². The lowest BCUT2D eigenvalue weighted by Crippen LogP contribution is -2.57. The van der Waals surface area contributed by atoms with E-state index in [1.165, 1.54) is 0 Å². The average molecular weight is 242 g/mol. The van der Waals surface area contributed by atoms with Gasteiger partial charge in [0.15, 0.2) is 0 Å². The number of carbonyl (C=O) groups is 1. The number of aliphatic hydroxyl groups excluding tert-OH is 1. The zero-order valence-electron chi connectivity index (χ0n) is 11.2. The molecule has 1 aliphatic carbocycles. The first-order valence-corrected chi connectivity index (χ1v) is 6.60. The van der Waals surface area contributed by atoms with E-state index in [4.69, 9.17) is 5.73 Å².